The molecule has 1 aliphatic rings. The largest absolute Gasteiger partial charge is 0.391 e. The van der Waals surface area contributed by atoms with Crippen LogP contribution in [-0.4, -0.2) is 17.8 Å². The van der Waals surface area contributed by atoms with Crippen LogP contribution in [0.15, 0.2) is 24.3 Å². The van der Waals surface area contributed by atoms with Gasteiger partial charge in [-0.15, -0.1) is 0 Å². The van der Waals surface area contributed by atoms with Crippen LogP contribution in [0.5, 0.6) is 0 Å². The van der Waals surface area contributed by atoms with Gasteiger partial charge in [0.05, 0.1) is 6.10 Å². The molecule has 20 heavy (non-hydrogen) atoms. The number of aliphatic hydroxyl groups is 1. The van der Waals surface area contributed by atoms with Crippen LogP contribution in [0.3, 0.4) is 0 Å². The molecule has 1 aromatic carbocycles. The molecule has 0 saturated heterocycles. The van der Waals surface area contributed by atoms with Gasteiger partial charge in [-0.05, 0) is 29.4 Å². The van der Waals surface area contributed by atoms with Crippen molar-refractivity contribution in [2.45, 2.75) is 64.4 Å². The second-order valence-corrected chi connectivity index (χ2v) is 7.22. The molecule has 2 rings (SSSR count). The quantitative estimate of drug-likeness (QED) is 0.838. The van der Waals surface area contributed by atoms with E-state index < -0.39 is 0 Å². The van der Waals surface area contributed by atoms with E-state index in [1.807, 2.05) is 0 Å². The Hall–Kier alpha value is -1.02. The predicted octanol–water partition coefficient (Wildman–Crippen LogP) is 4.34. The first-order valence-corrected chi connectivity index (χ1v) is 7.98. The van der Waals surface area contributed by atoms with Gasteiger partial charge in [0.15, 0.2) is 0 Å². The standard InChI is InChI=1S/C18H29NO/c1-18(2,3)16-10-6-7-11-17(16)19-13-15(20)12-14-8-4-5-9-14/h6-7,10-11,14-15,19-20H,4-5,8-9,12-13H2,1-3H3. The van der Waals surface area contributed by atoms with Crippen LogP contribution in [-0.2, 0) is 5.41 Å². The second kappa shape index (κ2) is 6.62. The fraction of sp³-hybridized carbons (Fsp3) is 0.667. The summed E-state index contributed by atoms with van der Waals surface area (Å²) in [5, 5.41) is 13.6. The molecule has 2 heteroatoms. The van der Waals surface area contributed by atoms with Gasteiger partial charge in [0.1, 0.15) is 0 Å². The number of nitrogens with one attached hydrogen (secondary N) is 1. The number of hydrogen-bond donors (Lipinski definition) is 2. The first-order chi connectivity index (χ1) is 9.47. The molecular formula is C18H29NO. The van der Waals surface area contributed by atoms with Crippen molar-refractivity contribution in [3.05, 3.63) is 29.8 Å². The SMILES string of the molecule is CC(C)(C)c1ccccc1NCC(O)CC1CCCC1. The molecule has 0 radical (unpaired) electrons. The Morgan fingerprint density at radius 2 is 1.85 bits per heavy atom. The van der Waals surface area contributed by atoms with Crippen molar-refractivity contribution in [1.82, 2.24) is 0 Å². The van der Waals surface area contributed by atoms with E-state index in [9.17, 15) is 5.11 Å². The fourth-order valence-corrected chi connectivity index (χ4v) is 3.23. The summed E-state index contributed by atoms with van der Waals surface area (Å²) in [6.45, 7) is 7.33. The van der Waals surface area contributed by atoms with E-state index in [4.69, 9.17) is 0 Å². The number of rotatable bonds is 5. The van der Waals surface area contributed by atoms with Crippen LogP contribution in [0, 0.1) is 5.92 Å². The molecule has 2 N–H and O–H groups in total. The highest BCUT2D eigenvalue weighted by molar-refractivity contribution is 5.54. The molecule has 0 amide bonds. The third kappa shape index (κ3) is 4.24. The summed E-state index contributed by atoms with van der Waals surface area (Å²) in [4.78, 5) is 0. The molecule has 1 aliphatic carbocycles. The van der Waals surface area contributed by atoms with Crippen molar-refractivity contribution < 1.29 is 5.11 Å². The molecule has 112 valence electrons. The van der Waals surface area contributed by atoms with Crippen LogP contribution in [0.4, 0.5) is 5.69 Å². The summed E-state index contributed by atoms with van der Waals surface area (Å²) in [7, 11) is 0. The maximum atomic E-state index is 10.2. The van der Waals surface area contributed by atoms with Gasteiger partial charge < -0.3 is 10.4 Å². The van der Waals surface area contributed by atoms with Gasteiger partial charge in [-0.2, -0.15) is 0 Å². The summed E-state index contributed by atoms with van der Waals surface area (Å²) in [6.07, 6.45) is 6.01. The topological polar surface area (TPSA) is 32.3 Å². The Morgan fingerprint density at radius 1 is 1.20 bits per heavy atom. The summed E-state index contributed by atoms with van der Waals surface area (Å²) in [6, 6.07) is 8.43. The van der Waals surface area contributed by atoms with Gasteiger partial charge in [-0.1, -0.05) is 64.7 Å². The van der Waals surface area contributed by atoms with Crippen LogP contribution < -0.4 is 5.32 Å². The number of anilines is 1. The maximum absolute atomic E-state index is 10.2. The molecule has 0 aromatic heterocycles. The fourth-order valence-electron chi connectivity index (χ4n) is 3.23. The van der Waals surface area contributed by atoms with E-state index in [2.05, 4.69) is 50.4 Å². The molecule has 0 heterocycles. The molecule has 1 unspecified atom stereocenters. The van der Waals surface area contributed by atoms with Crippen molar-refractivity contribution in [3.8, 4) is 0 Å². The lowest BCUT2D eigenvalue weighted by Gasteiger charge is -2.24. The number of benzene rings is 1. The molecule has 1 fully saturated rings. The zero-order chi connectivity index (χ0) is 14.6. The average molecular weight is 275 g/mol. The Kier molecular flexibility index (Phi) is 5.09. The smallest absolute Gasteiger partial charge is 0.0715 e. The first kappa shape index (κ1) is 15.4. The van der Waals surface area contributed by atoms with Crippen molar-refractivity contribution in [2.75, 3.05) is 11.9 Å². The Balaban J connectivity index is 1.90. The zero-order valence-corrected chi connectivity index (χ0v) is 13.2. The lowest BCUT2D eigenvalue weighted by molar-refractivity contribution is 0.155. The van der Waals surface area contributed by atoms with E-state index in [1.165, 1.54) is 31.2 Å². The maximum Gasteiger partial charge on any atom is 0.0715 e. The number of para-hydroxylation sites is 1. The average Bonchev–Trinajstić information content (AvgIpc) is 2.88. The Bertz CT molecular complexity index is 416. The summed E-state index contributed by atoms with van der Waals surface area (Å²) in [5.41, 5.74) is 2.60. The molecule has 0 bridgehead atoms. The molecule has 1 atom stereocenters. The summed E-state index contributed by atoms with van der Waals surface area (Å²) < 4.78 is 0. The minimum absolute atomic E-state index is 0.125. The Morgan fingerprint density at radius 3 is 2.50 bits per heavy atom. The van der Waals surface area contributed by atoms with Gasteiger partial charge in [0.2, 0.25) is 0 Å². The van der Waals surface area contributed by atoms with Gasteiger partial charge in [0, 0.05) is 12.2 Å². The lowest BCUT2D eigenvalue weighted by atomic mass is 9.86. The van der Waals surface area contributed by atoms with Crippen LogP contribution in [0.1, 0.15) is 58.4 Å². The molecule has 2 nitrogen and oxygen atoms in total. The normalized spacial score (nSPS) is 18.2. The minimum atomic E-state index is -0.230. The molecule has 1 aromatic rings. The number of aliphatic hydroxyl groups excluding tert-OH is 1. The van der Waals surface area contributed by atoms with E-state index in [0.717, 1.165) is 18.0 Å². The highest BCUT2D eigenvalue weighted by atomic mass is 16.3. The molecule has 0 spiro atoms. The monoisotopic (exact) mass is 275 g/mol. The molecule has 1 saturated carbocycles. The van der Waals surface area contributed by atoms with Gasteiger partial charge in [0.25, 0.3) is 0 Å². The van der Waals surface area contributed by atoms with Crippen molar-refractivity contribution in [1.29, 1.82) is 0 Å². The molecule has 0 aliphatic heterocycles. The van der Waals surface area contributed by atoms with E-state index >= 15 is 0 Å². The minimum Gasteiger partial charge on any atom is -0.391 e. The van der Waals surface area contributed by atoms with Gasteiger partial charge >= 0.3 is 0 Å². The van der Waals surface area contributed by atoms with Gasteiger partial charge in [-0.3, -0.25) is 0 Å². The first-order valence-electron chi connectivity index (χ1n) is 7.98. The van der Waals surface area contributed by atoms with E-state index in [1.54, 1.807) is 0 Å². The highest BCUT2D eigenvalue weighted by Crippen LogP contribution is 2.30. The summed E-state index contributed by atoms with van der Waals surface area (Å²) in [5.74, 6) is 0.740. The lowest BCUT2D eigenvalue weighted by Crippen LogP contribution is -2.23. The van der Waals surface area contributed by atoms with E-state index in [0.29, 0.717) is 6.54 Å². The second-order valence-electron chi connectivity index (χ2n) is 7.22. The van der Waals surface area contributed by atoms with Crippen molar-refractivity contribution >= 4 is 5.69 Å². The van der Waals surface area contributed by atoms with Crippen molar-refractivity contribution in [2.24, 2.45) is 5.92 Å². The molecular weight excluding hydrogens is 246 g/mol. The third-order valence-electron chi connectivity index (χ3n) is 4.34. The predicted molar refractivity (Wildman–Crippen MR) is 86.2 cm³/mol. The highest BCUT2D eigenvalue weighted by Gasteiger charge is 2.20. The third-order valence-corrected chi connectivity index (χ3v) is 4.34. The summed E-state index contributed by atoms with van der Waals surface area (Å²) >= 11 is 0. The van der Waals surface area contributed by atoms with Crippen molar-refractivity contribution in [3.63, 3.8) is 0 Å². The van der Waals surface area contributed by atoms with Crippen LogP contribution in [0.2, 0.25) is 0 Å². The van der Waals surface area contributed by atoms with E-state index in [-0.39, 0.29) is 11.5 Å². The number of hydrogen-bond acceptors (Lipinski definition) is 2. The Labute approximate surface area is 123 Å². The van der Waals surface area contributed by atoms with Crippen LogP contribution in [0.25, 0.3) is 0 Å². The van der Waals surface area contributed by atoms with Crippen LogP contribution >= 0.6 is 0 Å². The zero-order valence-electron chi connectivity index (χ0n) is 13.2. The van der Waals surface area contributed by atoms with Gasteiger partial charge in [-0.25, -0.2) is 0 Å².